The highest BCUT2D eigenvalue weighted by atomic mass is 35.5. The first-order chi connectivity index (χ1) is 16.2. The number of anilines is 1. The van der Waals surface area contributed by atoms with Gasteiger partial charge in [0, 0.05) is 35.7 Å². The molecule has 0 bridgehead atoms. The van der Waals surface area contributed by atoms with E-state index in [1.54, 1.807) is 19.4 Å². The molecule has 9 heteroatoms. The number of hydrogen-bond donors (Lipinski definition) is 1. The fourth-order valence-electron chi connectivity index (χ4n) is 3.69. The summed E-state index contributed by atoms with van der Waals surface area (Å²) in [6, 6.07) is 15.9. The van der Waals surface area contributed by atoms with Gasteiger partial charge < -0.3 is 10.1 Å². The van der Waals surface area contributed by atoms with Crippen LogP contribution in [0, 0.1) is 0 Å². The van der Waals surface area contributed by atoms with Crippen LogP contribution in [0.25, 0.3) is 11.0 Å². The van der Waals surface area contributed by atoms with Gasteiger partial charge in [-0.05, 0) is 35.4 Å². The number of ether oxygens (including phenoxy) is 1. The second-order valence-electron chi connectivity index (χ2n) is 7.62. The summed E-state index contributed by atoms with van der Waals surface area (Å²) < 4.78 is 9.22. The number of methoxy groups -OCH3 is 1. The molecule has 0 saturated heterocycles. The van der Waals surface area contributed by atoms with Crippen LogP contribution in [-0.2, 0) is 19.6 Å². The van der Waals surface area contributed by atoms with Gasteiger partial charge >= 0.3 is 0 Å². The number of halogens is 1. The maximum absolute atomic E-state index is 6.15. The van der Waals surface area contributed by atoms with E-state index >= 15 is 0 Å². The van der Waals surface area contributed by atoms with E-state index in [1.807, 2.05) is 40.0 Å². The third-order valence-electron chi connectivity index (χ3n) is 5.32. The van der Waals surface area contributed by atoms with Crippen LogP contribution in [0.4, 0.5) is 5.82 Å². The maximum Gasteiger partial charge on any atom is 0.186 e. The van der Waals surface area contributed by atoms with Crippen LogP contribution in [0.15, 0.2) is 73.4 Å². The first-order valence-electron chi connectivity index (χ1n) is 10.5. The molecule has 8 nitrogen and oxygen atoms in total. The summed E-state index contributed by atoms with van der Waals surface area (Å²) in [6.45, 7) is 1.90. The van der Waals surface area contributed by atoms with Gasteiger partial charge in [0.25, 0.3) is 0 Å². The van der Waals surface area contributed by atoms with Gasteiger partial charge in [0.05, 0.1) is 25.6 Å². The quantitative estimate of drug-likeness (QED) is 0.370. The SMILES string of the molecule is COc1ccc(Cl)cc1CNc1ncnc2nn(Cc3ccc(Cn4cccn4)cc3)cc12. The van der Waals surface area contributed by atoms with Crippen molar-refractivity contribution < 1.29 is 4.74 Å². The van der Waals surface area contributed by atoms with Crippen LogP contribution in [-0.4, -0.2) is 36.6 Å². The van der Waals surface area contributed by atoms with Gasteiger partial charge in [-0.1, -0.05) is 35.9 Å². The molecule has 0 amide bonds. The van der Waals surface area contributed by atoms with Crippen LogP contribution in [0.2, 0.25) is 5.02 Å². The second-order valence-corrected chi connectivity index (χ2v) is 8.05. The second kappa shape index (κ2) is 9.30. The Morgan fingerprint density at radius 1 is 1.00 bits per heavy atom. The predicted molar refractivity (Wildman–Crippen MR) is 128 cm³/mol. The van der Waals surface area contributed by atoms with E-state index < -0.39 is 0 Å². The van der Waals surface area contributed by atoms with Crippen molar-refractivity contribution in [2.24, 2.45) is 0 Å². The third-order valence-corrected chi connectivity index (χ3v) is 5.56. The standard InChI is InChI=1S/C24H22ClN7O/c1-33-22-8-7-20(25)11-19(22)12-26-23-21-15-32(30-24(21)28-16-27-23)14-18-5-3-17(4-6-18)13-31-10-2-9-29-31/h2-11,15-16H,12-14H2,1H3,(H,26,27,28,30). The highest BCUT2D eigenvalue weighted by Gasteiger charge is 2.11. The molecule has 0 spiro atoms. The van der Waals surface area contributed by atoms with Crippen LogP contribution in [0.3, 0.4) is 0 Å². The molecule has 0 fully saturated rings. The summed E-state index contributed by atoms with van der Waals surface area (Å²) in [5, 5.41) is 13.7. The van der Waals surface area contributed by atoms with Gasteiger partial charge in [0.2, 0.25) is 0 Å². The van der Waals surface area contributed by atoms with Crippen molar-refractivity contribution >= 4 is 28.5 Å². The largest absolute Gasteiger partial charge is 0.496 e. The molecule has 166 valence electrons. The Hall–Kier alpha value is -3.91. The Morgan fingerprint density at radius 3 is 2.52 bits per heavy atom. The molecule has 3 aromatic heterocycles. The van der Waals surface area contributed by atoms with Gasteiger partial charge in [-0.3, -0.25) is 9.36 Å². The van der Waals surface area contributed by atoms with E-state index in [9.17, 15) is 0 Å². The molecule has 0 saturated carbocycles. The molecule has 3 heterocycles. The molecule has 0 aliphatic carbocycles. The number of aromatic nitrogens is 6. The highest BCUT2D eigenvalue weighted by Crippen LogP contribution is 2.25. The molecule has 1 N–H and O–H groups in total. The first-order valence-corrected chi connectivity index (χ1v) is 10.9. The fourth-order valence-corrected chi connectivity index (χ4v) is 3.88. The third kappa shape index (κ3) is 4.80. The number of fused-ring (bicyclic) bond motifs is 1. The zero-order valence-electron chi connectivity index (χ0n) is 18.0. The average Bonchev–Trinajstić information content (AvgIpc) is 3.48. The lowest BCUT2D eigenvalue weighted by atomic mass is 10.1. The summed E-state index contributed by atoms with van der Waals surface area (Å²) in [5.41, 5.74) is 3.93. The summed E-state index contributed by atoms with van der Waals surface area (Å²) >= 11 is 6.15. The number of nitrogens with one attached hydrogen (secondary N) is 1. The van der Waals surface area contributed by atoms with Crippen LogP contribution < -0.4 is 10.1 Å². The van der Waals surface area contributed by atoms with Crippen molar-refractivity contribution in [3.63, 3.8) is 0 Å². The van der Waals surface area contributed by atoms with Crippen LogP contribution in [0.5, 0.6) is 5.75 Å². The zero-order chi connectivity index (χ0) is 22.6. The monoisotopic (exact) mass is 459 g/mol. The maximum atomic E-state index is 6.15. The van der Waals surface area contributed by atoms with Crippen molar-refractivity contribution in [3.8, 4) is 5.75 Å². The molecule has 0 aliphatic heterocycles. The van der Waals surface area contributed by atoms with Crippen molar-refractivity contribution in [3.05, 3.63) is 95.2 Å². The summed E-state index contributed by atoms with van der Waals surface area (Å²) in [5.74, 6) is 1.48. The van der Waals surface area contributed by atoms with E-state index in [1.165, 1.54) is 11.9 Å². The highest BCUT2D eigenvalue weighted by molar-refractivity contribution is 6.30. The molecular formula is C24H22ClN7O. The van der Waals surface area contributed by atoms with Crippen LogP contribution in [0.1, 0.15) is 16.7 Å². The van der Waals surface area contributed by atoms with E-state index in [0.717, 1.165) is 28.8 Å². The number of rotatable bonds is 8. The number of hydrogen-bond acceptors (Lipinski definition) is 6. The fraction of sp³-hybridized carbons (Fsp3) is 0.167. The molecule has 33 heavy (non-hydrogen) atoms. The average molecular weight is 460 g/mol. The molecule has 0 radical (unpaired) electrons. The Labute approximate surface area is 195 Å². The van der Waals surface area contributed by atoms with E-state index in [2.05, 4.69) is 49.7 Å². The minimum absolute atomic E-state index is 0.513. The lowest BCUT2D eigenvalue weighted by Crippen LogP contribution is -2.04. The van der Waals surface area contributed by atoms with Crippen LogP contribution >= 0.6 is 11.6 Å². The summed E-state index contributed by atoms with van der Waals surface area (Å²) in [6.07, 6.45) is 7.22. The zero-order valence-corrected chi connectivity index (χ0v) is 18.8. The van der Waals surface area contributed by atoms with E-state index in [0.29, 0.717) is 29.6 Å². The molecule has 0 aliphatic rings. The minimum atomic E-state index is 0.513. The Bertz CT molecular complexity index is 1360. The van der Waals surface area contributed by atoms with Gasteiger partial charge in [-0.2, -0.15) is 10.2 Å². The smallest absolute Gasteiger partial charge is 0.186 e. The van der Waals surface area contributed by atoms with E-state index in [-0.39, 0.29) is 0 Å². The van der Waals surface area contributed by atoms with Gasteiger partial charge in [-0.25, -0.2) is 9.97 Å². The lowest BCUT2D eigenvalue weighted by Gasteiger charge is -2.10. The summed E-state index contributed by atoms with van der Waals surface area (Å²) in [7, 11) is 1.64. The number of nitrogens with zero attached hydrogens (tertiary/aromatic N) is 6. The predicted octanol–water partition coefficient (Wildman–Crippen LogP) is 4.39. The van der Waals surface area contributed by atoms with Crippen molar-refractivity contribution in [1.82, 2.24) is 29.5 Å². The lowest BCUT2D eigenvalue weighted by molar-refractivity contribution is 0.410. The van der Waals surface area contributed by atoms with Crippen molar-refractivity contribution in [2.75, 3.05) is 12.4 Å². The molecule has 5 rings (SSSR count). The Kier molecular flexibility index (Phi) is 5.91. The van der Waals surface area contributed by atoms with Gasteiger partial charge in [-0.15, -0.1) is 0 Å². The molecular weight excluding hydrogens is 438 g/mol. The first kappa shape index (κ1) is 21.0. The van der Waals surface area contributed by atoms with Crippen molar-refractivity contribution in [1.29, 1.82) is 0 Å². The molecule has 2 aromatic carbocycles. The van der Waals surface area contributed by atoms with Crippen molar-refractivity contribution in [2.45, 2.75) is 19.6 Å². The normalized spacial score (nSPS) is 11.1. The van der Waals surface area contributed by atoms with Gasteiger partial charge in [0.1, 0.15) is 17.9 Å². The summed E-state index contributed by atoms with van der Waals surface area (Å²) in [4.78, 5) is 8.73. The molecule has 5 aromatic rings. The van der Waals surface area contributed by atoms with E-state index in [4.69, 9.17) is 16.3 Å². The Morgan fingerprint density at radius 2 is 1.79 bits per heavy atom. The Balaban J connectivity index is 1.31. The molecule has 0 atom stereocenters. The minimum Gasteiger partial charge on any atom is -0.496 e. The molecule has 0 unspecified atom stereocenters. The topological polar surface area (TPSA) is 82.7 Å². The number of benzene rings is 2. The van der Waals surface area contributed by atoms with Gasteiger partial charge in [0.15, 0.2) is 5.65 Å².